The Kier molecular flexibility index (Phi) is 3.72. The molecule has 1 aromatic carbocycles. The van der Waals surface area contributed by atoms with Gasteiger partial charge in [-0.25, -0.2) is 0 Å². The predicted octanol–water partition coefficient (Wildman–Crippen LogP) is 1.26. The maximum absolute atomic E-state index is 12.3. The van der Waals surface area contributed by atoms with Crippen molar-refractivity contribution >= 4 is 5.91 Å². The topological polar surface area (TPSA) is 59.0 Å². The highest BCUT2D eigenvalue weighted by Gasteiger charge is 2.25. The number of carbonyl (C=O) groups is 1. The molecule has 1 fully saturated rings. The lowest BCUT2D eigenvalue weighted by Crippen LogP contribution is -2.47. The van der Waals surface area contributed by atoms with Gasteiger partial charge in [-0.3, -0.25) is 4.79 Å². The summed E-state index contributed by atoms with van der Waals surface area (Å²) in [6, 6.07) is 4.73. The average Bonchev–Trinajstić information content (AvgIpc) is 2.38. The van der Waals surface area contributed by atoms with E-state index in [0.717, 1.165) is 0 Å². The zero-order valence-electron chi connectivity index (χ0n) is 10.5. The lowest BCUT2D eigenvalue weighted by Gasteiger charge is -2.33. The first-order valence-corrected chi connectivity index (χ1v) is 5.89. The molecule has 1 aromatic rings. The van der Waals surface area contributed by atoms with Gasteiger partial charge in [-0.2, -0.15) is 0 Å². The van der Waals surface area contributed by atoms with E-state index in [9.17, 15) is 9.90 Å². The molecule has 5 heteroatoms. The van der Waals surface area contributed by atoms with Crippen LogP contribution in [-0.2, 0) is 4.74 Å². The zero-order chi connectivity index (χ0) is 13.1. The number of benzene rings is 1. The maximum atomic E-state index is 12.3. The Morgan fingerprint density at radius 2 is 2.33 bits per heavy atom. The number of amides is 1. The average molecular weight is 251 g/mol. The third kappa shape index (κ3) is 2.41. The van der Waals surface area contributed by atoms with Crippen molar-refractivity contribution in [2.24, 2.45) is 0 Å². The first-order chi connectivity index (χ1) is 8.63. The van der Waals surface area contributed by atoms with Gasteiger partial charge in [0.2, 0.25) is 0 Å². The number of morpholine rings is 1. The van der Waals surface area contributed by atoms with Crippen LogP contribution in [0.4, 0.5) is 0 Å². The molecule has 1 unspecified atom stereocenters. The summed E-state index contributed by atoms with van der Waals surface area (Å²) in [6.45, 7) is 3.62. The van der Waals surface area contributed by atoms with Crippen molar-refractivity contribution in [2.75, 3.05) is 26.9 Å². The Hall–Kier alpha value is -1.75. The summed E-state index contributed by atoms with van der Waals surface area (Å²) in [4.78, 5) is 14.0. The van der Waals surface area contributed by atoms with Crippen LogP contribution >= 0.6 is 0 Å². The van der Waals surface area contributed by atoms with Crippen LogP contribution in [0.1, 0.15) is 17.3 Å². The lowest BCUT2D eigenvalue weighted by molar-refractivity contribution is 0.00357. The van der Waals surface area contributed by atoms with Gasteiger partial charge in [0.25, 0.3) is 5.91 Å². The highest BCUT2D eigenvalue weighted by atomic mass is 16.5. The Bertz CT molecular complexity index is 447. The van der Waals surface area contributed by atoms with Crippen LogP contribution in [0.15, 0.2) is 18.2 Å². The summed E-state index contributed by atoms with van der Waals surface area (Å²) in [5, 5.41) is 9.68. The largest absolute Gasteiger partial charge is 0.504 e. The standard InChI is InChI=1S/C13H17NO4/c1-9-8-18-6-5-14(9)13(16)10-3-4-12(17-2)11(15)7-10/h3-4,7,9,15H,5-6,8H2,1-2H3. The van der Waals surface area contributed by atoms with Crippen molar-refractivity contribution < 1.29 is 19.4 Å². The van der Waals surface area contributed by atoms with Crippen LogP contribution < -0.4 is 4.74 Å². The minimum absolute atomic E-state index is 0.0238. The third-order valence-electron chi connectivity index (χ3n) is 3.05. The third-order valence-corrected chi connectivity index (χ3v) is 3.05. The van der Waals surface area contributed by atoms with Gasteiger partial charge in [-0.05, 0) is 25.1 Å². The van der Waals surface area contributed by atoms with E-state index in [0.29, 0.717) is 31.1 Å². The van der Waals surface area contributed by atoms with E-state index in [2.05, 4.69) is 0 Å². The molecule has 1 heterocycles. The number of carbonyl (C=O) groups excluding carboxylic acids is 1. The van der Waals surface area contributed by atoms with Gasteiger partial charge in [0.15, 0.2) is 11.5 Å². The summed E-state index contributed by atoms with van der Waals surface area (Å²) in [5.74, 6) is 0.245. The molecule has 1 aliphatic heterocycles. The molecule has 98 valence electrons. The van der Waals surface area contributed by atoms with E-state index in [-0.39, 0.29) is 17.7 Å². The van der Waals surface area contributed by atoms with Crippen molar-refractivity contribution in [3.63, 3.8) is 0 Å². The monoisotopic (exact) mass is 251 g/mol. The molecule has 0 saturated carbocycles. The molecule has 18 heavy (non-hydrogen) atoms. The number of hydrogen-bond acceptors (Lipinski definition) is 4. The second kappa shape index (κ2) is 5.27. The smallest absolute Gasteiger partial charge is 0.254 e. The Morgan fingerprint density at radius 3 is 2.94 bits per heavy atom. The molecule has 1 aliphatic rings. The molecule has 2 rings (SSSR count). The van der Waals surface area contributed by atoms with E-state index >= 15 is 0 Å². The maximum Gasteiger partial charge on any atom is 0.254 e. The van der Waals surface area contributed by atoms with E-state index in [1.807, 2.05) is 6.92 Å². The Morgan fingerprint density at radius 1 is 1.56 bits per heavy atom. The molecule has 1 atom stereocenters. The highest BCUT2D eigenvalue weighted by molar-refractivity contribution is 5.95. The zero-order valence-corrected chi connectivity index (χ0v) is 10.5. The Balaban J connectivity index is 2.20. The van der Waals surface area contributed by atoms with Crippen LogP contribution in [0.2, 0.25) is 0 Å². The number of phenols is 1. The van der Waals surface area contributed by atoms with Gasteiger partial charge < -0.3 is 19.5 Å². The van der Waals surface area contributed by atoms with E-state index < -0.39 is 0 Å². The molecule has 0 aromatic heterocycles. The number of aromatic hydroxyl groups is 1. The fraction of sp³-hybridized carbons (Fsp3) is 0.462. The number of ether oxygens (including phenoxy) is 2. The van der Waals surface area contributed by atoms with Gasteiger partial charge >= 0.3 is 0 Å². The van der Waals surface area contributed by atoms with Crippen LogP contribution in [-0.4, -0.2) is 48.8 Å². The normalized spacial score (nSPS) is 19.7. The van der Waals surface area contributed by atoms with E-state index in [1.165, 1.54) is 13.2 Å². The summed E-state index contributed by atoms with van der Waals surface area (Å²) in [6.07, 6.45) is 0. The molecule has 1 amide bonds. The molecule has 0 aliphatic carbocycles. The molecular formula is C13H17NO4. The van der Waals surface area contributed by atoms with Crippen molar-refractivity contribution in [1.29, 1.82) is 0 Å². The van der Waals surface area contributed by atoms with Gasteiger partial charge in [0.1, 0.15) is 0 Å². The van der Waals surface area contributed by atoms with Crippen LogP contribution in [0, 0.1) is 0 Å². The summed E-state index contributed by atoms with van der Waals surface area (Å²) in [7, 11) is 1.47. The fourth-order valence-corrected chi connectivity index (χ4v) is 2.02. The predicted molar refractivity (Wildman–Crippen MR) is 66.0 cm³/mol. The minimum atomic E-state index is -0.0937. The SMILES string of the molecule is COc1ccc(C(=O)N2CCOCC2C)cc1O. The lowest BCUT2D eigenvalue weighted by atomic mass is 10.1. The quantitative estimate of drug-likeness (QED) is 0.859. The minimum Gasteiger partial charge on any atom is -0.504 e. The molecular weight excluding hydrogens is 234 g/mol. The summed E-state index contributed by atoms with van der Waals surface area (Å²) < 4.78 is 10.2. The summed E-state index contributed by atoms with van der Waals surface area (Å²) in [5.41, 5.74) is 0.460. The molecule has 0 radical (unpaired) electrons. The first-order valence-electron chi connectivity index (χ1n) is 5.89. The van der Waals surface area contributed by atoms with Gasteiger partial charge in [-0.15, -0.1) is 0 Å². The van der Waals surface area contributed by atoms with Gasteiger partial charge in [0.05, 0.1) is 26.4 Å². The van der Waals surface area contributed by atoms with Crippen molar-refractivity contribution in [3.8, 4) is 11.5 Å². The molecule has 5 nitrogen and oxygen atoms in total. The number of methoxy groups -OCH3 is 1. The van der Waals surface area contributed by atoms with Crippen molar-refractivity contribution in [3.05, 3.63) is 23.8 Å². The number of nitrogens with zero attached hydrogens (tertiary/aromatic N) is 1. The van der Waals surface area contributed by atoms with Crippen LogP contribution in [0.3, 0.4) is 0 Å². The molecule has 0 bridgehead atoms. The van der Waals surface area contributed by atoms with Crippen molar-refractivity contribution in [2.45, 2.75) is 13.0 Å². The first kappa shape index (κ1) is 12.7. The van der Waals surface area contributed by atoms with Crippen LogP contribution in [0.5, 0.6) is 11.5 Å². The van der Waals surface area contributed by atoms with E-state index in [4.69, 9.17) is 9.47 Å². The number of rotatable bonds is 2. The number of phenolic OH excluding ortho intramolecular Hbond substituents is 1. The molecule has 1 N–H and O–H groups in total. The van der Waals surface area contributed by atoms with E-state index in [1.54, 1.807) is 17.0 Å². The Labute approximate surface area is 106 Å². The summed E-state index contributed by atoms with van der Waals surface area (Å²) >= 11 is 0. The number of hydrogen-bond donors (Lipinski definition) is 1. The molecule has 1 saturated heterocycles. The second-order valence-corrected chi connectivity index (χ2v) is 4.31. The second-order valence-electron chi connectivity index (χ2n) is 4.31. The fourth-order valence-electron chi connectivity index (χ4n) is 2.02. The van der Waals surface area contributed by atoms with Crippen LogP contribution in [0.25, 0.3) is 0 Å². The van der Waals surface area contributed by atoms with Gasteiger partial charge in [0, 0.05) is 12.1 Å². The molecule has 0 spiro atoms. The van der Waals surface area contributed by atoms with Gasteiger partial charge in [-0.1, -0.05) is 0 Å². The highest BCUT2D eigenvalue weighted by Crippen LogP contribution is 2.27. The van der Waals surface area contributed by atoms with Crippen molar-refractivity contribution in [1.82, 2.24) is 4.90 Å².